The summed E-state index contributed by atoms with van der Waals surface area (Å²) in [7, 11) is 2.04. The highest BCUT2D eigenvalue weighted by atomic mass is 19.1. The molecule has 1 saturated heterocycles. The summed E-state index contributed by atoms with van der Waals surface area (Å²) >= 11 is 0. The van der Waals surface area contributed by atoms with Crippen LogP contribution in [0.4, 0.5) is 10.2 Å². The number of carboxylic acids is 1. The molecule has 1 aliphatic heterocycles. The average molecular weight is 278 g/mol. The first-order chi connectivity index (χ1) is 9.58. The maximum Gasteiger partial charge on any atom is 0.359 e. The molecule has 0 unspecified atom stereocenters. The van der Waals surface area contributed by atoms with Crippen LogP contribution in [-0.2, 0) is 0 Å². The van der Waals surface area contributed by atoms with Crippen LogP contribution in [0.1, 0.15) is 10.5 Å². The molecule has 0 radical (unpaired) electrons. The summed E-state index contributed by atoms with van der Waals surface area (Å²) in [6, 6.07) is 5.16. The Labute approximate surface area is 115 Å². The molecule has 1 fully saturated rings. The molecule has 3 rings (SSSR count). The third-order valence-corrected chi connectivity index (χ3v) is 3.60. The molecule has 0 bridgehead atoms. The Morgan fingerprint density at radius 1 is 1.30 bits per heavy atom. The van der Waals surface area contributed by atoms with Crippen LogP contribution in [-0.4, -0.2) is 58.6 Å². The first kappa shape index (κ1) is 12.9. The molecule has 0 aliphatic carbocycles. The summed E-state index contributed by atoms with van der Waals surface area (Å²) in [4.78, 5) is 19.1. The summed E-state index contributed by atoms with van der Waals surface area (Å²) in [5.74, 6) is -1.52. The fraction of sp³-hybridized carbons (Fsp3) is 0.385. The predicted octanol–water partition coefficient (Wildman–Crippen LogP) is 0.923. The van der Waals surface area contributed by atoms with Gasteiger partial charge in [0, 0.05) is 26.2 Å². The molecule has 2 aromatic heterocycles. The fourth-order valence-electron chi connectivity index (χ4n) is 2.46. The number of hydrogen-bond donors (Lipinski definition) is 1. The second-order valence-electron chi connectivity index (χ2n) is 4.92. The van der Waals surface area contributed by atoms with Crippen LogP contribution in [0.2, 0.25) is 0 Å². The van der Waals surface area contributed by atoms with Crippen molar-refractivity contribution in [2.45, 2.75) is 0 Å². The third kappa shape index (κ3) is 2.00. The standard InChI is InChI=1S/C13H15FN4O2/c1-16-5-7-17(8-6-16)10-4-2-3-9-15-11(13(19)20)12(14)18(9)10/h2-4H,5-8H2,1H3,(H,19,20). The van der Waals surface area contributed by atoms with Crippen LogP contribution in [0, 0.1) is 5.95 Å². The first-order valence-electron chi connectivity index (χ1n) is 6.41. The summed E-state index contributed by atoms with van der Waals surface area (Å²) in [5, 5.41) is 8.97. The molecule has 0 spiro atoms. The van der Waals surface area contributed by atoms with Gasteiger partial charge in [-0.15, -0.1) is 0 Å². The zero-order valence-electron chi connectivity index (χ0n) is 11.1. The molecule has 106 valence electrons. The lowest BCUT2D eigenvalue weighted by molar-refractivity contribution is 0.0685. The van der Waals surface area contributed by atoms with Gasteiger partial charge in [0.05, 0.1) is 0 Å². The lowest BCUT2D eigenvalue weighted by atomic mass is 10.3. The van der Waals surface area contributed by atoms with Crippen molar-refractivity contribution in [1.82, 2.24) is 14.3 Å². The van der Waals surface area contributed by atoms with Crippen molar-refractivity contribution in [3.63, 3.8) is 0 Å². The molecular formula is C13H15FN4O2. The van der Waals surface area contributed by atoms with Gasteiger partial charge >= 0.3 is 5.97 Å². The predicted molar refractivity (Wildman–Crippen MR) is 71.8 cm³/mol. The number of hydrogen-bond acceptors (Lipinski definition) is 4. The number of piperazine rings is 1. The van der Waals surface area contributed by atoms with Crippen molar-refractivity contribution < 1.29 is 14.3 Å². The molecule has 3 heterocycles. The van der Waals surface area contributed by atoms with Gasteiger partial charge in [-0.3, -0.25) is 4.40 Å². The van der Waals surface area contributed by atoms with Gasteiger partial charge in [0.2, 0.25) is 11.6 Å². The van der Waals surface area contributed by atoms with Crippen molar-refractivity contribution in [2.24, 2.45) is 0 Å². The largest absolute Gasteiger partial charge is 0.476 e. The molecule has 1 aliphatic rings. The van der Waals surface area contributed by atoms with Crippen molar-refractivity contribution in [3.05, 3.63) is 29.8 Å². The molecular weight excluding hydrogens is 263 g/mol. The van der Waals surface area contributed by atoms with Crippen molar-refractivity contribution >= 4 is 17.4 Å². The van der Waals surface area contributed by atoms with Crippen LogP contribution in [0.5, 0.6) is 0 Å². The number of carboxylic acid groups (broad SMARTS) is 1. The average Bonchev–Trinajstić information content (AvgIpc) is 2.77. The Morgan fingerprint density at radius 2 is 2.00 bits per heavy atom. The van der Waals surface area contributed by atoms with Gasteiger partial charge in [-0.2, -0.15) is 4.39 Å². The minimum atomic E-state index is -1.35. The Bertz CT molecular complexity index is 662. The van der Waals surface area contributed by atoms with Crippen LogP contribution < -0.4 is 4.90 Å². The van der Waals surface area contributed by atoms with E-state index in [1.165, 1.54) is 4.40 Å². The number of imidazole rings is 1. The summed E-state index contributed by atoms with van der Waals surface area (Å²) in [6.07, 6.45) is 0. The van der Waals surface area contributed by atoms with E-state index >= 15 is 0 Å². The Morgan fingerprint density at radius 3 is 2.65 bits per heavy atom. The van der Waals surface area contributed by atoms with E-state index < -0.39 is 17.6 Å². The van der Waals surface area contributed by atoms with E-state index in [0.717, 1.165) is 26.2 Å². The number of fused-ring (bicyclic) bond motifs is 1. The van der Waals surface area contributed by atoms with Crippen molar-refractivity contribution in [3.8, 4) is 0 Å². The topological polar surface area (TPSA) is 61.1 Å². The number of anilines is 1. The number of likely N-dealkylation sites (N-methyl/N-ethyl adjacent to an activating group) is 1. The van der Waals surface area contributed by atoms with E-state index in [4.69, 9.17) is 5.11 Å². The van der Waals surface area contributed by atoms with Crippen molar-refractivity contribution in [1.29, 1.82) is 0 Å². The summed E-state index contributed by atoms with van der Waals surface area (Å²) < 4.78 is 15.5. The number of carbonyl (C=O) groups is 1. The van der Waals surface area contributed by atoms with E-state index in [0.29, 0.717) is 11.5 Å². The van der Waals surface area contributed by atoms with Crippen LogP contribution in [0.15, 0.2) is 18.2 Å². The zero-order valence-corrected chi connectivity index (χ0v) is 11.1. The molecule has 20 heavy (non-hydrogen) atoms. The van der Waals surface area contributed by atoms with E-state index in [-0.39, 0.29) is 0 Å². The number of pyridine rings is 1. The summed E-state index contributed by atoms with van der Waals surface area (Å²) in [5.41, 5.74) is -0.220. The lowest BCUT2D eigenvalue weighted by Crippen LogP contribution is -2.45. The highest BCUT2D eigenvalue weighted by molar-refractivity contribution is 5.86. The summed E-state index contributed by atoms with van der Waals surface area (Å²) in [6.45, 7) is 3.32. The maximum atomic E-state index is 14.3. The van der Waals surface area contributed by atoms with Gasteiger partial charge in [-0.05, 0) is 19.2 Å². The molecule has 6 nitrogen and oxygen atoms in total. The van der Waals surface area contributed by atoms with Gasteiger partial charge < -0.3 is 14.9 Å². The van der Waals surface area contributed by atoms with Crippen LogP contribution >= 0.6 is 0 Å². The van der Waals surface area contributed by atoms with Gasteiger partial charge in [-0.1, -0.05) is 6.07 Å². The van der Waals surface area contributed by atoms with Crippen molar-refractivity contribution in [2.75, 3.05) is 38.1 Å². The molecule has 0 saturated carbocycles. The fourth-order valence-corrected chi connectivity index (χ4v) is 2.46. The van der Waals surface area contributed by atoms with E-state index in [1.807, 2.05) is 11.9 Å². The number of aromatic nitrogens is 2. The number of halogens is 1. The minimum Gasteiger partial charge on any atom is -0.476 e. The second kappa shape index (κ2) is 4.75. The Kier molecular flexibility index (Phi) is 3.06. The molecule has 0 aromatic carbocycles. The molecule has 7 heteroatoms. The smallest absolute Gasteiger partial charge is 0.359 e. The van der Waals surface area contributed by atoms with Gasteiger partial charge in [0.15, 0.2) is 0 Å². The highest BCUT2D eigenvalue weighted by Crippen LogP contribution is 2.22. The van der Waals surface area contributed by atoms with E-state index in [9.17, 15) is 9.18 Å². The van der Waals surface area contributed by atoms with Gasteiger partial charge in [-0.25, -0.2) is 9.78 Å². The minimum absolute atomic E-state index is 0.316. The third-order valence-electron chi connectivity index (χ3n) is 3.60. The number of rotatable bonds is 2. The zero-order chi connectivity index (χ0) is 14.3. The van der Waals surface area contributed by atoms with Crippen LogP contribution in [0.25, 0.3) is 5.65 Å². The molecule has 2 aromatic rings. The lowest BCUT2D eigenvalue weighted by Gasteiger charge is -2.34. The first-order valence-corrected chi connectivity index (χ1v) is 6.41. The van der Waals surface area contributed by atoms with E-state index in [1.54, 1.807) is 18.2 Å². The van der Waals surface area contributed by atoms with Gasteiger partial charge in [0.25, 0.3) is 0 Å². The van der Waals surface area contributed by atoms with Crippen LogP contribution in [0.3, 0.4) is 0 Å². The molecule has 0 amide bonds. The molecule has 0 atom stereocenters. The quantitative estimate of drug-likeness (QED) is 0.885. The SMILES string of the molecule is CN1CCN(c2cccc3nc(C(=O)O)c(F)n23)CC1. The highest BCUT2D eigenvalue weighted by Gasteiger charge is 2.23. The molecule has 1 N–H and O–H groups in total. The Balaban J connectivity index is 2.09. The van der Waals surface area contributed by atoms with Gasteiger partial charge in [0.1, 0.15) is 11.5 Å². The monoisotopic (exact) mass is 278 g/mol. The number of nitrogens with zero attached hydrogens (tertiary/aromatic N) is 4. The maximum absolute atomic E-state index is 14.3. The Hall–Kier alpha value is -2.15. The normalized spacial score (nSPS) is 16.8. The number of aromatic carboxylic acids is 1. The second-order valence-corrected chi connectivity index (χ2v) is 4.92. The van der Waals surface area contributed by atoms with E-state index in [2.05, 4.69) is 9.88 Å².